The predicted octanol–water partition coefficient (Wildman–Crippen LogP) is 0.865. The number of hydrogen-bond donors (Lipinski definition) is 7. The number of carbonyl (C=O) groups is 3. The van der Waals surface area contributed by atoms with E-state index in [1.165, 1.54) is 0 Å². The van der Waals surface area contributed by atoms with Crippen LogP contribution in [0.2, 0.25) is 0 Å². The van der Waals surface area contributed by atoms with Crippen LogP contribution in [0.1, 0.15) is 32.3 Å². The van der Waals surface area contributed by atoms with E-state index >= 15 is 0 Å². The number of carboxylic acids is 1. The Balaban J connectivity index is 3.04. The van der Waals surface area contributed by atoms with E-state index in [1.54, 1.807) is 0 Å². The van der Waals surface area contributed by atoms with Crippen molar-refractivity contribution in [3.63, 3.8) is 0 Å². The third kappa shape index (κ3) is 9.81. The molecule has 0 unspecified atom stereocenters. The molecule has 0 aliphatic carbocycles. The second-order valence-electron chi connectivity index (χ2n) is 7.88. The molecule has 5 atom stereocenters. The second kappa shape index (κ2) is 15.2. The van der Waals surface area contributed by atoms with Crippen LogP contribution in [0.25, 0.3) is 0 Å². The number of rotatable bonds is 15. The zero-order valence-corrected chi connectivity index (χ0v) is 20.4. The van der Waals surface area contributed by atoms with Crippen molar-refractivity contribution < 1.29 is 19.5 Å². The zero-order valence-electron chi connectivity index (χ0n) is 18.7. The largest absolute Gasteiger partial charge is 0.480 e. The third-order valence-corrected chi connectivity index (χ3v) is 6.01. The molecule has 0 bridgehead atoms. The fourth-order valence-electron chi connectivity index (χ4n) is 3.11. The Hall–Kier alpha value is -1.75. The Morgan fingerprint density at radius 3 is 2.22 bits per heavy atom. The quantitative estimate of drug-likeness (QED) is 0.185. The number of amides is 2. The number of nitrogens with one attached hydrogen (secondary N) is 3. The molecule has 10 heteroatoms. The summed E-state index contributed by atoms with van der Waals surface area (Å²) in [4.78, 5) is 37.6. The summed E-state index contributed by atoms with van der Waals surface area (Å²) in [5, 5.41) is 17.9. The second-order valence-corrected chi connectivity index (χ2v) is 8.69. The average molecular weight is 485 g/mol. The van der Waals surface area contributed by atoms with E-state index in [9.17, 15) is 19.5 Å². The topological polar surface area (TPSA) is 134 Å². The van der Waals surface area contributed by atoms with Crippen molar-refractivity contribution in [2.24, 2.45) is 11.7 Å². The third-order valence-electron chi connectivity index (χ3n) is 5.28. The van der Waals surface area contributed by atoms with Gasteiger partial charge in [0.15, 0.2) is 0 Å². The number of carboxylic acid groups (broad SMARTS) is 1. The summed E-state index contributed by atoms with van der Waals surface area (Å²) in [5.74, 6) is -1.24. The van der Waals surface area contributed by atoms with Crippen molar-refractivity contribution in [1.82, 2.24) is 16.0 Å². The Morgan fingerprint density at radius 1 is 1.06 bits per heavy atom. The number of hydrogen-bond acceptors (Lipinski definition) is 7. The fraction of sp³-hybridized carbons (Fsp3) is 0.591. The highest BCUT2D eigenvalue weighted by molar-refractivity contribution is 7.80. The van der Waals surface area contributed by atoms with Gasteiger partial charge in [0.2, 0.25) is 11.8 Å². The Labute approximate surface area is 201 Å². The van der Waals surface area contributed by atoms with Crippen molar-refractivity contribution >= 4 is 43.0 Å². The van der Waals surface area contributed by atoms with E-state index in [2.05, 4.69) is 41.2 Å². The van der Waals surface area contributed by atoms with E-state index in [1.807, 2.05) is 44.2 Å². The lowest BCUT2D eigenvalue weighted by atomic mass is 9.97. The van der Waals surface area contributed by atoms with Crippen LogP contribution in [0.4, 0.5) is 0 Å². The molecule has 8 nitrogen and oxygen atoms in total. The van der Waals surface area contributed by atoms with Gasteiger partial charge in [-0.1, -0.05) is 50.6 Å². The Bertz CT molecular complexity index is 723. The Morgan fingerprint density at radius 2 is 1.69 bits per heavy atom. The molecule has 32 heavy (non-hydrogen) atoms. The molecule has 6 N–H and O–H groups in total. The van der Waals surface area contributed by atoms with Gasteiger partial charge in [-0.25, -0.2) is 4.79 Å². The van der Waals surface area contributed by atoms with Crippen LogP contribution in [0.5, 0.6) is 0 Å². The summed E-state index contributed by atoms with van der Waals surface area (Å²) in [6.45, 7) is 4.33. The van der Waals surface area contributed by atoms with Gasteiger partial charge in [0.1, 0.15) is 12.1 Å². The van der Waals surface area contributed by atoms with Crippen LogP contribution in [0.15, 0.2) is 30.3 Å². The molecule has 0 heterocycles. The maximum atomic E-state index is 13.2. The van der Waals surface area contributed by atoms with Crippen molar-refractivity contribution in [1.29, 1.82) is 0 Å². The molecule has 0 saturated carbocycles. The van der Waals surface area contributed by atoms with Crippen LogP contribution in [-0.2, 0) is 20.8 Å². The SMILES string of the molecule is CC[C@H](C)[C@H](NC[C@@H](N)CS)C(=O)N[C@@H](Cc1ccccc1)C(=O)N[C@@H](CCS)C(=O)O. The maximum absolute atomic E-state index is 13.2. The summed E-state index contributed by atoms with van der Waals surface area (Å²) in [6, 6.07) is 6.48. The van der Waals surface area contributed by atoms with Gasteiger partial charge in [0.05, 0.1) is 6.04 Å². The van der Waals surface area contributed by atoms with E-state index in [-0.39, 0.29) is 30.7 Å². The van der Waals surface area contributed by atoms with Gasteiger partial charge in [0.25, 0.3) is 0 Å². The highest BCUT2D eigenvalue weighted by Crippen LogP contribution is 2.10. The zero-order chi connectivity index (χ0) is 24.1. The summed E-state index contributed by atoms with van der Waals surface area (Å²) in [6.07, 6.45) is 1.16. The molecule has 0 spiro atoms. The van der Waals surface area contributed by atoms with E-state index < -0.39 is 30.0 Å². The van der Waals surface area contributed by atoms with Crippen molar-refractivity contribution in [3.8, 4) is 0 Å². The maximum Gasteiger partial charge on any atom is 0.326 e. The lowest BCUT2D eigenvalue weighted by Gasteiger charge is -2.28. The first kappa shape index (κ1) is 28.3. The van der Waals surface area contributed by atoms with E-state index in [0.29, 0.717) is 18.1 Å². The van der Waals surface area contributed by atoms with Crippen LogP contribution in [-0.4, -0.2) is 65.1 Å². The lowest BCUT2D eigenvalue weighted by Crippen LogP contribution is -2.58. The first-order chi connectivity index (χ1) is 15.2. The van der Waals surface area contributed by atoms with Crippen LogP contribution < -0.4 is 21.7 Å². The van der Waals surface area contributed by atoms with Gasteiger partial charge >= 0.3 is 5.97 Å². The molecular weight excluding hydrogens is 448 g/mol. The standard InChI is InChI=1S/C22H36N4O4S2/c1-3-14(2)19(24-12-16(23)13-32)21(28)26-18(11-15-7-5-4-6-8-15)20(27)25-17(9-10-31)22(29)30/h4-8,14,16-19,24,31-32H,3,9-13,23H2,1-2H3,(H,25,27)(H,26,28)(H,29,30)/t14-,16+,17-,18-,19-/m0/s1. The monoisotopic (exact) mass is 484 g/mol. The number of thiol groups is 2. The highest BCUT2D eigenvalue weighted by Gasteiger charge is 2.30. The van der Waals surface area contributed by atoms with Crippen molar-refractivity contribution in [2.75, 3.05) is 18.1 Å². The molecule has 180 valence electrons. The normalized spacial score (nSPS) is 15.8. The van der Waals surface area contributed by atoms with Gasteiger partial charge in [-0.05, 0) is 23.7 Å². The molecule has 1 aromatic carbocycles. The molecule has 0 aromatic heterocycles. The van der Waals surface area contributed by atoms with Gasteiger partial charge in [0, 0.05) is 24.8 Å². The van der Waals surface area contributed by atoms with Crippen molar-refractivity contribution in [2.45, 2.75) is 57.3 Å². The smallest absolute Gasteiger partial charge is 0.326 e. The molecule has 1 aromatic rings. The lowest BCUT2D eigenvalue weighted by molar-refractivity contribution is -0.142. The molecule has 0 fully saturated rings. The summed E-state index contributed by atoms with van der Waals surface area (Å²) in [5.41, 5.74) is 6.78. The number of aliphatic carboxylic acids is 1. The van der Waals surface area contributed by atoms with Crippen LogP contribution >= 0.6 is 25.3 Å². The van der Waals surface area contributed by atoms with Gasteiger partial charge in [-0.3, -0.25) is 9.59 Å². The highest BCUT2D eigenvalue weighted by atomic mass is 32.1. The molecule has 2 amide bonds. The minimum Gasteiger partial charge on any atom is -0.480 e. The first-order valence-corrected chi connectivity index (χ1v) is 12.1. The molecular formula is C22H36N4O4S2. The first-order valence-electron chi connectivity index (χ1n) is 10.8. The summed E-state index contributed by atoms with van der Waals surface area (Å²) < 4.78 is 0. The molecule has 1 rings (SSSR count). The van der Waals surface area contributed by atoms with Crippen LogP contribution in [0, 0.1) is 5.92 Å². The molecule has 0 aliphatic rings. The number of nitrogens with two attached hydrogens (primary N) is 1. The van der Waals surface area contributed by atoms with E-state index in [4.69, 9.17) is 5.73 Å². The molecule has 0 radical (unpaired) electrons. The number of carbonyl (C=O) groups excluding carboxylic acids is 2. The summed E-state index contributed by atoms with van der Waals surface area (Å²) in [7, 11) is 0. The molecule has 0 aliphatic heterocycles. The van der Waals surface area contributed by atoms with Gasteiger partial charge in [-0.15, -0.1) is 0 Å². The van der Waals surface area contributed by atoms with Gasteiger partial charge in [-0.2, -0.15) is 25.3 Å². The minimum absolute atomic E-state index is 0.00138. The Kier molecular flexibility index (Phi) is 13.4. The van der Waals surface area contributed by atoms with Crippen LogP contribution in [0.3, 0.4) is 0 Å². The van der Waals surface area contributed by atoms with Crippen molar-refractivity contribution in [3.05, 3.63) is 35.9 Å². The fourth-order valence-corrected chi connectivity index (χ4v) is 3.50. The minimum atomic E-state index is -1.14. The predicted molar refractivity (Wildman–Crippen MR) is 133 cm³/mol. The number of benzene rings is 1. The van der Waals surface area contributed by atoms with Gasteiger partial charge < -0.3 is 26.8 Å². The average Bonchev–Trinajstić information content (AvgIpc) is 2.78. The molecule has 0 saturated heterocycles. The summed E-state index contributed by atoms with van der Waals surface area (Å²) >= 11 is 8.24. The van der Waals surface area contributed by atoms with E-state index in [0.717, 1.165) is 12.0 Å².